The summed E-state index contributed by atoms with van der Waals surface area (Å²) < 4.78 is 24.7. The quantitative estimate of drug-likeness (QED) is 0.276. The fraction of sp³-hybridized carbons (Fsp3) is 0.0714. The Labute approximate surface area is 216 Å². The van der Waals surface area contributed by atoms with Crippen molar-refractivity contribution in [2.45, 2.75) is 6.61 Å². The van der Waals surface area contributed by atoms with Gasteiger partial charge in [-0.15, -0.1) is 0 Å². The number of hydrogen-bond acceptors (Lipinski definition) is 5. The summed E-state index contributed by atoms with van der Waals surface area (Å²) in [4.78, 5) is 17.3. The van der Waals surface area contributed by atoms with Gasteiger partial charge in [-0.25, -0.2) is 9.38 Å². The van der Waals surface area contributed by atoms with E-state index in [9.17, 15) is 9.18 Å². The lowest BCUT2D eigenvalue weighted by Crippen LogP contribution is -2.19. The van der Waals surface area contributed by atoms with Crippen LogP contribution in [0.25, 0.3) is 16.8 Å². The minimum Gasteiger partial charge on any atom is -0.493 e. The summed E-state index contributed by atoms with van der Waals surface area (Å²) in [6, 6.07) is 23.5. The molecule has 1 heterocycles. The maximum atomic E-state index is 13.1. The van der Waals surface area contributed by atoms with Crippen molar-refractivity contribution >= 4 is 57.0 Å². The molecule has 0 bridgehead atoms. The first-order valence-corrected chi connectivity index (χ1v) is 12.2. The number of nitrogens with one attached hydrogen (secondary N) is 1. The Hall–Kier alpha value is -3.81. The van der Waals surface area contributed by atoms with Crippen LogP contribution in [0.4, 0.5) is 10.1 Å². The van der Waals surface area contributed by atoms with Gasteiger partial charge in [-0.1, -0.05) is 48.0 Å². The van der Waals surface area contributed by atoms with E-state index in [0.717, 1.165) is 16.3 Å². The van der Waals surface area contributed by atoms with Gasteiger partial charge in [-0.05, 0) is 82.2 Å². The maximum Gasteiger partial charge on any atom is 0.264 e. The largest absolute Gasteiger partial charge is 0.493 e. The van der Waals surface area contributed by atoms with Crippen LogP contribution in [0.1, 0.15) is 11.1 Å². The predicted octanol–water partition coefficient (Wildman–Crippen LogP) is 7.11. The number of carbonyl (C=O) groups excluding carboxylic acids is 1. The molecule has 5 rings (SSSR count). The number of benzene rings is 4. The molecule has 4 aromatic rings. The van der Waals surface area contributed by atoms with Gasteiger partial charge in [0.05, 0.1) is 22.7 Å². The van der Waals surface area contributed by atoms with Gasteiger partial charge in [0.15, 0.2) is 16.7 Å². The summed E-state index contributed by atoms with van der Waals surface area (Å²) >= 11 is 7.74. The zero-order valence-electron chi connectivity index (χ0n) is 19.1. The van der Waals surface area contributed by atoms with Crippen molar-refractivity contribution in [3.63, 3.8) is 0 Å². The number of methoxy groups -OCH3 is 1. The zero-order valence-corrected chi connectivity index (χ0v) is 20.7. The van der Waals surface area contributed by atoms with Gasteiger partial charge in [0.1, 0.15) is 12.4 Å². The van der Waals surface area contributed by atoms with Crippen molar-refractivity contribution in [2.24, 2.45) is 4.99 Å². The van der Waals surface area contributed by atoms with Crippen LogP contribution in [-0.2, 0) is 11.4 Å². The Morgan fingerprint density at radius 3 is 2.58 bits per heavy atom. The van der Waals surface area contributed by atoms with Crippen molar-refractivity contribution in [1.29, 1.82) is 0 Å². The minimum absolute atomic E-state index is 0.285. The molecule has 180 valence electrons. The number of thioether (sulfide) groups is 1. The number of halogens is 2. The van der Waals surface area contributed by atoms with Crippen LogP contribution in [0.5, 0.6) is 11.5 Å². The molecule has 5 nitrogen and oxygen atoms in total. The van der Waals surface area contributed by atoms with Crippen molar-refractivity contribution in [1.82, 2.24) is 5.32 Å². The third kappa shape index (κ3) is 5.37. The summed E-state index contributed by atoms with van der Waals surface area (Å²) in [7, 11) is 1.54. The van der Waals surface area contributed by atoms with Crippen LogP contribution in [0, 0.1) is 5.82 Å². The molecule has 1 aliphatic rings. The highest BCUT2D eigenvalue weighted by Crippen LogP contribution is 2.38. The smallest absolute Gasteiger partial charge is 0.264 e. The summed E-state index contributed by atoms with van der Waals surface area (Å²) in [5.41, 5.74) is 2.22. The molecule has 1 fully saturated rings. The highest BCUT2D eigenvalue weighted by molar-refractivity contribution is 8.18. The van der Waals surface area contributed by atoms with Gasteiger partial charge < -0.3 is 14.8 Å². The SMILES string of the molecule is COc1cc(/C=C2/SC(=Nc3ccc(F)cc3)NC2=O)cc(Cl)c1OCc1ccc2ccccc2c1. The molecule has 0 aliphatic carbocycles. The maximum absolute atomic E-state index is 13.1. The molecule has 0 spiro atoms. The number of nitrogens with zero attached hydrogens (tertiary/aromatic N) is 1. The van der Waals surface area contributed by atoms with Crippen molar-refractivity contribution in [3.05, 3.63) is 106 Å². The van der Waals surface area contributed by atoms with E-state index in [2.05, 4.69) is 34.6 Å². The summed E-state index contributed by atoms with van der Waals surface area (Å²) in [6.45, 7) is 0.322. The molecule has 0 radical (unpaired) electrons. The van der Waals surface area contributed by atoms with Crippen LogP contribution in [-0.4, -0.2) is 18.2 Å². The average molecular weight is 519 g/mol. The fourth-order valence-electron chi connectivity index (χ4n) is 3.71. The Bertz CT molecular complexity index is 1520. The van der Waals surface area contributed by atoms with E-state index in [1.807, 2.05) is 18.2 Å². The molecular formula is C28H20ClFN2O3S. The highest BCUT2D eigenvalue weighted by atomic mass is 35.5. The van der Waals surface area contributed by atoms with E-state index in [1.54, 1.807) is 18.2 Å². The highest BCUT2D eigenvalue weighted by Gasteiger charge is 2.24. The predicted molar refractivity (Wildman–Crippen MR) is 143 cm³/mol. The second kappa shape index (κ2) is 10.4. The number of ether oxygens (including phenoxy) is 2. The normalized spacial score (nSPS) is 15.5. The van der Waals surface area contributed by atoms with E-state index < -0.39 is 0 Å². The Morgan fingerprint density at radius 1 is 1.03 bits per heavy atom. The lowest BCUT2D eigenvalue weighted by atomic mass is 10.1. The summed E-state index contributed by atoms with van der Waals surface area (Å²) in [5.74, 6) is 0.251. The van der Waals surface area contributed by atoms with E-state index >= 15 is 0 Å². The molecule has 1 saturated heterocycles. The minimum atomic E-state index is -0.349. The van der Waals surface area contributed by atoms with Crippen molar-refractivity contribution < 1.29 is 18.7 Å². The third-order valence-electron chi connectivity index (χ3n) is 5.45. The lowest BCUT2D eigenvalue weighted by Gasteiger charge is -2.14. The topological polar surface area (TPSA) is 59.9 Å². The second-order valence-electron chi connectivity index (χ2n) is 7.96. The Kier molecular flexibility index (Phi) is 6.93. The number of carbonyl (C=O) groups is 1. The van der Waals surface area contributed by atoms with Gasteiger partial charge >= 0.3 is 0 Å². The average Bonchev–Trinajstić information content (AvgIpc) is 3.22. The molecule has 0 unspecified atom stereocenters. The number of aliphatic imine (C=N–C) groups is 1. The Balaban J connectivity index is 1.34. The van der Waals surface area contributed by atoms with E-state index in [0.29, 0.717) is 44.5 Å². The molecule has 0 aromatic heterocycles. The van der Waals surface area contributed by atoms with Gasteiger partial charge in [-0.3, -0.25) is 4.79 Å². The molecule has 0 atom stereocenters. The number of amidine groups is 1. The van der Waals surface area contributed by atoms with Gasteiger partial charge in [0.2, 0.25) is 0 Å². The second-order valence-corrected chi connectivity index (χ2v) is 9.40. The first-order valence-electron chi connectivity index (χ1n) is 11.0. The monoisotopic (exact) mass is 518 g/mol. The molecule has 36 heavy (non-hydrogen) atoms. The first-order chi connectivity index (χ1) is 17.5. The number of rotatable bonds is 6. The third-order valence-corrected chi connectivity index (χ3v) is 6.65. The fourth-order valence-corrected chi connectivity index (χ4v) is 4.83. The standard InChI is InChI=1S/C28H20ClFN2O3S/c1-34-24-14-18(15-25-27(33)32-28(36-25)31-22-10-8-21(30)9-11-22)13-23(29)26(24)35-16-17-6-7-19-4-2-3-5-20(19)12-17/h2-15H,16H2,1H3,(H,31,32,33)/b25-15+. The van der Waals surface area contributed by atoms with Gasteiger partial charge in [0, 0.05) is 0 Å². The summed E-state index contributed by atoms with van der Waals surface area (Å²) in [5, 5.41) is 5.78. The van der Waals surface area contributed by atoms with E-state index in [4.69, 9.17) is 21.1 Å². The molecule has 4 aromatic carbocycles. The van der Waals surface area contributed by atoms with Gasteiger partial charge in [-0.2, -0.15) is 0 Å². The van der Waals surface area contributed by atoms with Gasteiger partial charge in [0.25, 0.3) is 5.91 Å². The molecule has 1 amide bonds. The number of hydrogen-bond donors (Lipinski definition) is 1. The molecule has 8 heteroatoms. The lowest BCUT2D eigenvalue weighted by molar-refractivity contribution is -0.115. The zero-order chi connectivity index (χ0) is 25.1. The molecule has 0 saturated carbocycles. The van der Waals surface area contributed by atoms with E-state index in [-0.39, 0.29) is 11.7 Å². The van der Waals surface area contributed by atoms with Crippen LogP contribution < -0.4 is 14.8 Å². The van der Waals surface area contributed by atoms with Crippen molar-refractivity contribution in [2.75, 3.05) is 7.11 Å². The van der Waals surface area contributed by atoms with Crippen molar-refractivity contribution in [3.8, 4) is 11.5 Å². The van der Waals surface area contributed by atoms with Crippen LogP contribution >= 0.6 is 23.4 Å². The molecular weight excluding hydrogens is 499 g/mol. The first kappa shape index (κ1) is 23.9. The summed E-state index contributed by atoms with van der Waals surface area (Å²) in [6.07, 6.45) is 1.70. The molecule has 1 aliphatic heterocycles. The van der Waals surface area contributed by atoms with Crippen LogP contribution in [0.3, 0.4) is 0 Å². The van der Waals surface area contributed by atoms with E-state index in [1.165, 1.54) is 43.1 Å². The molecule has 1 N–H and O–H groups in total. The van der Waals surface area contributed by atoms with Crippen LogP contribution in [0.2, 0.25) is 5.02 Å². The Morgan fingerprint density at radius 2 is 1.81 bits per heavy atom. The number of fused-ring (bicyclic) bond motifs is 1. The van der Waals surface area contributed by atoms with Crippen LogP contribution in [0.15, 0.2) is 88.8 Å². The number of amides is 1.